The highest BCUT2D eigenvalue weighted by atomic mass is 16.6. The van der Waals surface area contributed by atoms with E-state index in [0.717, 1.165) is 28.7 Å². The van der Waals surface area contributed by atoms with Gasteiger partial charge in [-0.05, 0) is 68.9 Å². The molecule has 1 unspecified atom stereocenters. The van der Waals surface area contributed by atoms with Crippen molar-refractivity contribution in [3.05, 3.63) is 58.7 Å². The van der Waals surface area contributed by atoms with Crippen LogP contribution in [0.15, 0.2) is 36.4 Å². The summed E-state index contributed by atoms with van der Waals surface area (Å²) in [4.78, 5) is 26.0. The molecule has 35 heavy (non-hydrogen) atoms. The van der Waals surface area contributed by atoms with Crippen LogP contribution in [0.4, 0.5) is 4.79 Å². The van der Waals surface area contributed by atoms with Gasteiger partial charge in [0.2, 0.25) is 0 Å². The number of carboxylic acids is 1. The first kappa shape index (κ1) is 28.2. The summed E-state index contributed by atoms with van der Waals surface area (Å²) >= 11 is 0. The van der Waals surface area contributed by atoms with Gasteiger partial charge < -0.3 is 24.2 Å². The van der Waals surface area contributed by atoms with Gasteiger partial charge in [-0.15, -0.1) is 0 Å². The smallest absolute Gasteiger partial charge is 0.415 e. The van der Waals surface area contributed by atoms with Crippen molar-refractivity contribution in [3.63, 3.8) is 0 Å². The van der Waals surface area contributed by atoms with Gasteiger partial charge in [0.15, 0.2) is 6.10 Å². The maximum Gasteiger partial charge on any atom is 0.415 e. The second kappa shape index (κ2) is 13.7. The molecule has 1 N–H and O–H groups in total. The lowest BCUT2D eigenvalue weighted by Gasteiger charge is -2.24. The predicted octanol–water partition coefficient (Wildman–Crippen LogP) is 5.57. The van der Waals surface area contributed by atoms with E-state index in [4.69, 9.17) is 14.2 Å². The number of aliphatic carboxylic acids is 1. The Hall–Kier alpha value is -3.06. The van der Waals surface area contributed by atoms with E-state index in [1.165, 1.54) is 0 Å². The van der Waals surface area contributed by atoms with Crippen molar-refractivity contribution in [2.45, 2.75) is 60.5 Å². The Bertz CT molecular complexity index is 947. The van der Waals surface area contributed by atoms with E-state index in [1.54, 1.807) is 24.0 Å². The topological polar surface area (TPSA) is 85.3 Å². The van der Waals surface area contributed by atoms with Crippen molar-refractivity contribution >= 4 is 12.1 Å². The SMILES string of the molecule is CCOC(Cc1ccc(OCCN(CCC(C)C)C(=O)Oc2c(C)cc(C)cc2C)cc1)C(=O)O. The van der Waals surface area contributed by atoms with Gasteiger partial charge in [0, 0.05) is 19.6 Å². The Labute approximate surface area is 209 Å². The van der Waals surface area contributed by atoms with Crippen LogP contribution >= 0.6 is 0 Å². The molecule has 0 bridgehead atoms. The summed E-state index contributed by atoms with van der Waals surface area (Å²) in [6.07, 6.45) is -0.0977. The van der Waals surface area contributed by atoms with Crippen LogP contribution in [0.25, 0.3) is 0 Å². The lowest BCUT2D eigenvalue weighted by atomic mass is 10.1. The zero-order valence-corrected chi connectivity index (χ0v) is 21.8. The van der Waals surface area contributed by atoms with E-state index >= 15 is 0 Å². The molecule has 0 aliphatic heterocycles. The van der Waals surface area contributed by atoms with Crippen molar-refractivity contribution in [2.24, 2.45) is 5.92 Å². The molecule has 2 aromatic carbocycles. The van der Waals surface area contributed by atoms with Crippen molar-refractivity contribution in [3.8, 4) is 11.5 Å². The first-order valence-corrected chi connectivity index (χ1v) is 12.2. The van der Waals surface area contributed by atoms with Crippen molar-refractivity contribution in [2.75, 3.05) is 26.3 Å². The fourth-order valence-electron chi connectivity index (χ4n) is 3.82. The first-order valence-electron chi connectivity index (χ1n) is 12.2. The number of hydrogen-bond donors (Lipinski definition) is 1. The van der Waals surface area contributed by atoms with E-state index < -0.39 is 12.1 Å². The molecule has 0 saturated heterocycles. The van der Waals surface area contributed by atoms with Crippen molar-refractivity contribution in [1.82, 2.24) is 4.90 Å². The summed E-state index contributed by atoms with van der Waals surface area (Å²) in [6, 6.07) is 11.3. The van der Waals surface area contributed by atoms with Crippen LogP contribution in [-0.2, 0) is 16.0 Å². The predicted molar refractivity (Wildman–Crippen MR) is 136 cm³/mol. The minimum atomic E-state index is -0.975. The molecule has 0 radical (unpaired) electrons. The third kappa shape index (κ3) is 9.25. The molecule has 7 nitrogen and oxygen atoms in total. The fraction of sp³-hybridized carbons (Fsp3) is 0.500. The number of carbonyl (C=O) groups is 2. The molecule has 0 aliphatic carbocycles. The zero-order chi connectivity index (χ0) is 26.0. The van der Waals surface area contributed by atoms with Crippen LogP contribution in [0.3, 0.4) is 0 Å². The van der Waals surface area contributed by atoms with Gasteiger partial charge in [-0.3, -0.25) is 0 Å². The number of benzene rings is 2. The van der Waals surface area contributed by atoms with Gasteiger partial charge >= 0.3 is 12.1 Å². The Morgan fingerprint density at radius 1 is 1.00 bits per heavy atom. The van der Waals surface area contributed by atoms with Crippen LogP contribution in [-0.4, -0.2) is 54.5 Å². The van der Waals surface area contributed by atoms with E-state index in [2.05, 4.69) is 13.8 Å². The maximum atomic E-state index is 13.0. The molecule has 2 rings (SSSR count). The summed E-state index contributed by atoms with van der Waals surface area (Å²) in [6.45, 7) is 13.6. The molecule has 0 fully saturated rings. The highest BCUT2D eigenvalue weighted by Crippen LogP contribution is 2.25. The van der Waals surface area contributed by atoms with E-state index in [1.807, 2.05) is 45.0 Å². The third-order valence-electron chi connectivity index (χ3n) is 5.65. The molecule has 0 saturated carbocycles. The third-order valence-corrected chi connectivity index (χ3v) is 5.65. The number of carboxylic acid groups (broad SMARTS) is 1. The summed E-state index contributed by atoms with van der Waals surface area (Å²) in [5.74, 6) is 0.738. The van der Waals surface area contributed by atoms with Crippen LogP contribution in [0.5, 0.6) is 11.5 Å². The zero-order valence-electron chi connectivity index (χ0n) is 21.8. The summed E-state index contributed by atoms with van der Waals surface area (Å²) < 4.78 is 16.9. The fourth-order valence-corrected chi connectivity index (χ4v) is 3.82. The van der Waals surface area contributed by atoms with Crippen LogP contribution in [0.2, 0.25) is 0 Å². The van der Waals surface area contributed by atoms with Gasteiger partial charge in [-0.1, -0.05) is 43.7 Å². The average molecular weight is 486 g/mol. The minimum Gasteiger partial charge on any atom is -0.492 e. The van der Waals surface area contributed by atoms with E-state index in [-0.39, 0.29) is 12.5 Å². The number of amides is 1. The highest BCUT2D eigenvalue weighted by molar-refractivity contribution is 5.73. The summed E-state index contributed by atoms with van der Waals surface area (Å²) in [5, 5.41) is 9.25. The molecule has 0 aromatic heterocycles. The lowest BCUT2D eigenvalue weighted by Crippen LogP contribution is -2.38. The second-order valence-corrected chi connectivity index (χ2v) is 9.24. The molecular formula is C28H39NO6. The largest absolute Gasteiger partial charge is 0.492 e. The van der Waals surface area contributed by atoms with Gasteiger partial charge in [0.05, 0.1) is 6.54 Å². The van der Waals surface area contributed by atoms with Crippen LogP contribution < -0.4 is 9.47 Å². The lowest BCUT2D eigenvalue weighted by molar-refractivity contribution is -0.149. The number of rotatable bonds is 13. The van der Waals surface area contributed by atoms with Gasteiger partial charge in [-0.25, -0.2) is 9.59 Å². The molecule has 0 heterocycles. The normalized spacial score (nSPS) is 11.9. The quantitative estimate of drug-likeness (QED) is 0.399. The standard InChI is InChI=1S/C28H39NO6/c1-7-33-25(27(30)31)18-23-8-10-24(11-9-23)34-15-14-29(13-12-19(2)3)28(32)35-26-21(5)16-20(4)17-22(26)6/h8-11,16-17,19,25H,7,12-15,18H2,1-6H3,(H,30,31). The summed E-state index contributed by atoms with van der Waals surface area (Å²) in [7, 11) is 0. The van der Waals surface area contributed by atoms with Gasteiger partial charge in [0.25, 0.3) is 0 Å². The van der Waals surface area contributed by atoms with Gasteiger partial charge in [0.1, 0.15) is 18.1 Å². The molecule has 192 valence electrons. The second-order valence-electron chi connectivity index (χ2n) is 9.24. The number of ether oxygens (including phenoxy) is 3. The molecule has 2 aromatic rings. The number of aryl methyl sites for hydroxylation is 3. The first-order chi connectivity index (χ1) is 16.6. The van der Waals surface area contributed by atoms with Crippen molar-refractivity contribution in [1.29, 1.82) is 0 Å². The average Bonchev–Trinajstić information content (AvgIpc) is 2.78. The number of carbonyl (C=O) groups excluding carboxylic acids is 1. The summed E-state index contributed by atoms with van der Waals surface area (Å²) in [5.41, 5.74) is 3.85. The van der Waals surface area contributed by atoms with Crippen molar-refractivity contribution < 1.29 is 28.9 Å². The van der Waals surface area contributed by atoms with E-state index in [9.17, 15) is 14.7 Å². The number of hydrogen-bond acceptors (Lipinski definition) is 5. The van der Waals surface area contributed by atoms with E-state index in [0.29, 0.717) is 43.7 Å². The monoisotopic (exact) mass is 485 g/mol. The highest BCUT2D eigenvalue weighted by Gasteiger charge is 2.20. The Morgan fingerprint density at radius 3 is 2.17 bits per heavy atom. The minimum absolute atomic E-state index is 0.288. The molecule has 0 spiro atoms. The molecule has 1 atom stereocenters. The maximum absolute atomic E-state index is 13.0. The Morgan fingerprint density at radius 2 is 1.63 bits per heavy atom. The van der Waals surface area contributed by atoms with Crippen LogP contribution in [0.1, 0.15) is 49.4 Å². The van der Waals surface area contributed by atoms with Gasteiger partial charge in [-0.2, -0.15) is 0 Å². The van der Waals surface area contributed by atoms with Crippen LogP contribution in [0, 0.1) is 26.7 Å². The molecular weight excluding hydrogens is 446 g/mol. The molecule has 7 heteroatoms. The number of nitrogens with zero attached hydrogens (tertiary/aromatic N) is 1. The molecule has 1 amide bonds. The Kier molecular flexibility index (Phi) is 11.1. The Balaban J connectivity index is 1.98. The molecule has 0 aliphatic rings.